The Balaban J connectivity index is 1.99. The summed E-state index contributed by atoms with van der Waals surface area (Å²) in [6, 6.07) is 0. The molecule has 0 nitrogen and oxygen atoms in total. The van der Waals surface area contributed by atoms with Crippen LogP contribution in [0, 0.1) is 0 Å². The van der Waals surface area contributed by atoms with Crippen LogP contribution in [0.2, 0.25) is 0 Å². The van der Waals surface area contributed by atoms with Gasteiger partial charge in [-0.2, -0.15) is 0 Å². The SMILES string of the molecule is C1=Cc2c1csc2-c1scc2c1C=C2. The smallest absolute Gasteiger partial charge is 0.0527 e. The molecule has 2 aliphatic carbocycles. The van der Waals surface area contributed by atoms with Crippen molar-refractivity contribution < 1.29 is 0 Å². The van der Waals surface area contributed by atoms with Crippen LogP contribution in [-0.4, -0.2) is 0 Å². The summed E-state index contributed by atoms with van der Waals surface area (Å²) in [5, 5.41) is 4.50. The van der Waals surface area contributed by atoms with E-state index in [-0.39, 0.29) is 0 Å². The first-order chi connectivity index (χ1) is 6.93. The fourth-order valence-electron chi connectivity index (χ4n) is 1.87. The van der Waals surface area contributed by atoms with Gasteiger partial charge in [0.25, 0.3) is 0 Å². The topological polar surface area (TPSA) is 0 Å². The number of fused-ring (bicyclic) bond motifs is 2. The largest absolute Gasteiger partial charge is 0.142 e. The summed E-state index contributed by atoms with van der Waals surface area (Å²) in [4.78, 5) is 2.91. The van der Waals surface area contributed by atoms with Crippen LogP contribution >= 0.6 is 22.7 Å². The second-order valence-electron chi connectivity index (χ2n) is 3.53. The average Bonchev–Trinajstić information content (AvgIpc) is 2.51. The summed E-state index contributed by atoms with van der Waals surface area (Å²) in [6.07, 6.45) is 8.81. The summed E-state index contributed by atoms with van der Waals surface area (Å²) >= 11 is 3.73. The molecule has 2 aliphatic rings. The molecule has 0 saturated heterocycles. The summed E-state index contributed by atoms with van der Waals surface area (Å²) in [5.41, 5.74) is 5.71. The van der Waals surface area contributed by atoms with Gasteiger partial charge in [-0.25, -0.2) is 0 Å². The van der Waals surface area contributed by atoms with Gasteiger partial charge in [0.05, 0.1) is 9.75 Å². The lowest BCUT2D eigenvalue weighted by Gasteiger charge is -2.09. The third-order valence-corrected chi connectivity index (χ3v) is 4.98. The molecule has 2 heteroatoms. The molecule has 0 fully saturated rings. The van der Waals surface area contributed by atoms with Crippen LogP contribution in [0.3, 0.4) is 0 Å². The van der Waals surface area contributed by atoms with E-state index >= 15 is 0 Å². The highest BCUT2D eigenvalue weighted by atomic mass is 32.1. The Kier molecular flexibility index (Phi) is 1.17. The molecule has 0 radical (unpaired) electrons. The summed E-state index contributed by atoms with van der Waals surface area (Å²) in [6.45, 7) is 0. The van der Waals surface area contributed by atoms with Crippen molar-refractivity contribution in [3.8, 4) is 9.75 Å². The van der Waals surface area contributed by atoms with Crippen molar-refractivity contribution >= 4 is 47.0 Å². The first-order valence-corrected chi connectivity index (χ1v) is 6.29. The van der Waals surface area contributed by atoms with Gasteiger partial charge in [0.2, 0.25) is 0 Å². The van der Waals surface area contributed by atoms with Crippen LogP contribution in [-0.2, 0) is 0 Å². The Morgan fingerprint density at radius 3 is 1.43 bits per heavy atom. The van der Waals surface area contributed by atoms with Gasteiger partial charge >= 0.3 is 0 Å². The van der Waals surface area contributed by atoms with Crippen molar-refractivity contribution in [1.29, 1.82) is 0 Å². The van der Waals surface area contributed by atoms with E-state index in [1.165, 1.54) is 32.0 Å². The second-order valence-corrected chi connectivity index (χ2v) is 5.29. The predicted molar refractivity (Wildman–Crippen MR) is 65.5 cm³/mol. The van der Waals surface area contributed by atoms with Crippen LogP contribution in [0.4, 0.5) is 0 Å². The first-order valence-electron chi connectivity index (χ1n) is 4.53. The molecule has 0 amide bonds. The lowest BCUT2D eigenvalue weighted by atomic mass is 9.96. The standard InChI is InChI=1S/C12H6S2/c1-3-9-7(1)5-13-11(9)12-10-4-2-8(10)6-14-12/h1-6H. The van der Waals surface area contributed by atoms with E-state index in [0.717, 1.165) is 0 Å². The van der Waals surface area contributed by atoms with Gasteiger partial charge in [0, 0.05) is 11.1 Å². The molecular weight excluding hydrogens is 208 g/mol. The fourth-order valence-corrected chi connectivity index (χ4v) is 4.12. The highest BCUT2D eigenvalue weighted by molar-refractivity contribution is 7.21. The van der Waals surface area contributed by atoms with Crippen molar-refractivity contribution in [1.82, 2.24) is 0 Å². The molecule has 2 heterocycles. The maximum atomic E-state index is 2.25. The molecule has 2 aromatic heterocycles. The molecule has 0 unspecified atom stereocenters. The van der Waals surface area contributed by atoms with Crippen LogP contribution in [0.25, 0.3) is 34.1 Å². The molecule has 0 aromatic carbocycles. The molecule has 2 aromatic rings. The van der Waals surface area contributed by atoms with Crippen LogP contribution < -0.4 is 0 Å². The minimum Gasteiger partial charge on any atom is -0.142 e. The fraction of sp³-hybridized carbons (Fsp3) is 0. The lowest BCUT2D eigenvalue weighted by molar-refractivity contribution is 1.69. The van der Waals surface area contributed by atoms with Gasteiger partial charge in [-0.3, -0.25) is 0 Å². The number of thiophene rings is 2. The minimum absolute atomic E-state index is 1.41. The minimum atomic E-state index is 1.41. The Bertz CT molecular complexity index is 540. The van der Waals surface area contributed by atoms with Gasteiger partial charge in [-0.15, -0.1) is 22.7 Å². The van der Waals surface area contributed by atoms with Crippen molar-refractivity contribution in [2.75, 3.05) is 0 Å². The van der Waals surface area contributed by atoms with E-state index in [1.54, 1.807) is 0 Å². The van der Waals surface area contributed by atoms with E-state index in [0.29, 0.717) is 0 Å². The van der Waals surface area contributed by atoms with Gasteiger partial charge in [0.1, 0.15) is 0 Å². The van der Waals surface area contributed by atoms with Gasteiger partial charge in [-0.05, 0) is 21.9 Å². The number of hydrogen-bond donors (Lipinski definition) is 0. The number of rotatable bonds is 1. The number of hydrogen-bond acceptors (Lipinski definition) is 2. The zero-order chi connectivity index (χ0) is 9.12. The highest BCUT2D eigenvalue weighted by Crippen LogP contribution is 2.46. The van der Waals surface area contributed by atoms with Crippen molar-refractivity contribution in [3.05, 3.63) is 33.0 Å². The normalized spacial score (nSPS) is 14.6. The molecule has 0 atom stereocenters. The summed E-state index contributed by atoms with van der Waals surface area (Å²) in [7, 11) is 0. The van der Waals surface area contributed by atoms with E-state index in [2.05, 4.69) is 35.1 Å². The van der Waals surface area contributed by atoms with Gasteiger partial charge < -0.3 is 0 Å². The molecule has 4 rings (SSSR count). The van der Waals surface area contributed by atoms with Crippen LogP contribution in [0.1, 0.15) is 22.3 Å². The Hall–Kier alpha value is -1.12. The molecule has 14 heavy (non-hydrogen) atoms. The summed E-state index contributed by atoms with van der Waals surface area (Å²) < 4.78 is 0. The molecule has 0 N–H and O–H groups in total. The molecule has 0 saturated carbocycles. The molecule has 66 valence electrons. The van der Waals surface area contributed by atoms with E-state index in [9.17, 15) is 0 Å². The zero-order valence-corrected chi connectivity index (χ0v) is 8.91. The van der Waals surface area contributed by atoms with Crippen LogP contribution in [0.15, 0.2) is 10.8 Å². The summed E-state index contributed by atoms with van der Waals surface area (Å²) in [5.74, 6) is 0. The predicted octanol–water partition coefficient (Wildman–Crippen LogP) is 4.44. The van der Waals surface area contributed by atoms with Crippen molar-refractivity contribution in [2.24, 2.45) is 0 Å². The van der Waals surface area contributed by atoms with Crippen LogP contribution in [0.5, 0.6) is 0 Å². The van der Waals surface area contributed by atoms with E-state index < -0.39 is 0 Å². The molecular formula is C12H6S2. The first kappa shape index (κ1) is 7.21. The maximum Gasteiger partial charge on any atom is 0.0527 e. The molecule has 0 aliphatic heterocycles. The van der Waals surface area contributed by atoms with Gasteiger partial charge in [-0.1, -0.05) is 24.3 Å². The Morgan fingerprint density at radius 2 is 1.14 bits per heavy atom. The third-order valence-electron chi connectivity index (χ3n) is 2.78. The molecule has 0 bridgehead atoms. The van der Waals surface area contributed by atoms with Gasteiger partial charge in [0.15, 0.2) is 0 Å². The van der Waals surface area contributed by atoms with Crippen molar-refractivity contribution in [2.45, 2.75) is 0 Å². The van der Waals surface area contributed by atoms with Crippen molar-refractivity contribution in [3.63, 3.8) is 0 Å². The third kappa shape index (κ3) is 0.703. The Labute approximate surface area is 89.8 Å². The monoisotopic (exact) mass is 214 g/mol. The quantitative estimate of drug-likeness (QED) is 0.439. The highest BCUT2D eigenvalue weighted by Gasteiger charge is 2.21. The lowest BCUT2D eigenvalue weighted by Crippen LogP contribution is -1.87. The average molecular weight is 214 g/mol. The van der Waals surface area contributed by atoms with E-state index in [4.69, 9.17) is 0 Å². The zero-order valence-electron chi connectivity index (χ0n) is 7.28. The molecule has 0 spiro atoms. The van der Waals surface area contributed by atoms with E-state index in [1.807, 2.05) is 22.7 Å². The second kappa shape index (κ2) is 2.27. The Morgan fingerprint density at radius 1 is 0.643 bits per heavy atom. The maximum absolute atomic E-state index is 2.25.